The van der Waals surface area contributed by atoms with Gasteiger partial charge < -0.3 is 34.5 Å². The van der Waals surface area contributed by atoms with Crippen LogP contribution in [0.25, 0.3) is 11.3 Å². The van der Waals surface area contributed by atoms with E-state index in [1.165, 1.54) is 23.1 Å². The standard InChI is InChI=1S/C26H31ClFN5O5/c1-26(2)10-14(30(3)4)12-33(26)23-19-22(20(27)21(29-23)18-16(28)6-5-7-17(18)34)38-13-15-11-31(25(36)37)8-9-32(15)24(19)35/h5-7,14-15,34H,8-13H2,1-4H3,(H,36,37)/t14?,15-/m1/s1. The van der Waals surface area contributed by atoms with Gasteiger partial charge in [0.25, 0.3) is 5.91 Å². The van der Waals surface area contributed by atoms with E-state index in [1.54, 1.807) is 4.90 Å². The number of amides is 2. The Morgan fingerprint density at radius 3 is 2.61 bits per heavy atom. The lowest BCUT2D eigenvalue weighted by atomic mass is 9.99. The number of aromatic hydroxyl groups is 1. The molecule has 5 rings (SSSR count). The predicted molar refractivity (Wildman–Crippen MR) is 140 cm³/mol. The van der Waals surface area contributed by atoms with Gasteiger partial charge >= 0.3 is 6.09 Å². The molecular formula is C26H31ClFN5O5. The third-order valence-electron chi connectivity index (χ3n) is 7.80. The molecule has 4 heterocycles. The number of hydrogen-bond acceptors (Lipinski definition) is 7. The van der Waals surface area contributed by atoms with Crippen LogP contribution in [0.15, 0.2) is 18.2 Å². The highest BCUT2D eigenvalue weighted by Crippen LogP contribution is 2.48. The van der Waals surface area contributed by atoms with Crippen LogP contribution in [0.5, 0.6) is 11.5 Å². The van der Waals surface area contributed by atoms with Gasteiger partial charge in [0.2, 0.25) is 0 Å². The predicted octanol–water partition coefficient (Wildman–Crippen LogP) is 3.36. The summed E-state index contributed by atoms with van der Waals surface area (Å²) in [5, 5.41) is 20.0. The molecule has 2 saturated heterocycles. The zero-order valence-electron chi connectivity index (χ0n) is 21.7. The first-order valence-electron chi connectivity index (χ1n) is 12.5. The van der Waals surface area contributed by atoms with Crippen LogP contribution in [-0.2, 0) is 0 Å². The zero-order valence-corrected chi connectivity index (χ0v) is 22.5. The number of carbonyl (C=O) groups is 2. The molecule has 0 radical (unpaired) electrons. The molecule has 1 aromatic carbocycles. The molecule has 2 aromatic rings. The van der Waals surface area contributed by atoms with Crippen LogP contribution in [0.4, 0.5) is 15.0 Å². The van der Waals surface area contributed by atoms with E-state index in [-0.39, 0.29) is 71.5 Å². The topological polar surface area (TPSA) is 110 Å². The van der Waals surface area contributed by atoms with Gasteiger partial charge in [-0.3, -0.25) is 4.79 Å². The Hall–Kier alpha value is -3.31. The number of phenols is 1. The number of nitrogens with zero attached hydrogens (tertiary/aromatic N) is 5. The number of ether oxygens (including phenoxy) is 1. The van der Waals surface area contributed by atoms with Gasteiger partial charge in [-0.15, -0.1) is 0 Å². The second-order valence-corrected chi connectivity index (χ2v) is 11.3. The van der Waals surface area contributed by atoms with Gasteiger partial charge in [-0.05, 0) is 46.5 Å². The molecule has 1 unspecified atom stereocenters. The number of phenolic OH excluding ortho intramolecular Hbond substituents is 1. The smallest absolute Gasteiger partial charge is 0.407 e. The van der Waals surface area contributed by atoms with Gasteiger partial charge in [-0.1, -0.05) is 17.7 Å². The second kappa shape index (κ2) is 9.46. The van der Waals surface area contributed by atoms with E-state index in [1.807, 2.05) is 19.0 Å². The van der Waals surface area contributed by atoms with Crippen molar-refractivity contribution < 1.29 is 28.9 Å². The minimum absolute atomic E-state index is 0.00188. The van der Waals surface area contributed by atoms with Gasteiger partial charge in [-0.2, -0.15) is 0 Å². The number of likely N-dealkylation sites (N-methyl/N-ethyl adjacent to an activating group) is 1. The Balaban J connectivity index is 1.72. The first-order chi connectivity index (χ1) is 17.9. The van der Waals surface area contributed by atoms with Gasteiger partial charge in [0.1, 0.15) is 40.3 Å². The Labute approximate surface area is 225 Å². The fraction of sp³-hybridized carbons (Fsp3) is 0.500. The van der Waals surface area contributed by atoms with Crippen molar-refractivity contribution in [2.45, 2.75) is 37.9 Å². The third-order valence-corrected chi connectivity index (χ3v) is 8.15. The Morgan fingerprint density at radius 2 is 1.97 bits per heavy atom. The normalized spacial score (nSPS) is 22.7. The van der Waals surface area contributed by atoms with Gasteiger partial charge in [-0.25, -0.2) is 14.2 Å². The fourth-order valence-corrected chi connectivity index (χ4v) is 5.94. The summed E-state index contributed by atoms with van der Waals surface area (Å²) in [5.41, 5.74) is -0.474. The first kappa shape index (κ1) is 26.3. The lowest BCUT2D eigenvalue weighted by Gasteiger charge is -2.39. The molecule has 3 aliphatic rings. The van der Waals surface area contributed by atoms with Crippen LogP contribution >= 0.6 is 11.6 Å². The van der Waals surface area contributed by atoms with E-state index in [4.69, 9.17) is 21.3 Å². The van der Waals surface area contributed by atoms with Crippen molar-refractivity contribution in [1.82, 2.24) is 19.7 Å². The summed E-state index contributed by atoms with van der Waals surface area (Å²) in [6.07, 6.45) is -0.279. The summed E-state index contributed by atoms with van der Waals surface area (Å²) in [6, 6.07) is 3.56. The van der Waals surface area contributed by atoms with Gasteiger partial charge in [0.15, 0.2) is 5.75 Å². The number of fused-ring (bicyclic) bond motifs is 2. The van der Waals surface area contributed by atoms with E-state index >= 15 is 4.39 Å². The lowest BCUT2D eigenvalue weighted by molar-refractivity contribution is 0.0390. The average Bonchev–Trinajstić information content (AvgIpc) is 3.09. The van der Waals surface area contributed by atoms with Crippen LogP contribution in [0, 0.1) is 5.82 Å². The largest absolute Gasteiger partial charge is 0.507 e. The number of halogens is 2. The van der Waals surface area contributed by atoms with Crippen molar-refractivity contribution in [3.63, 3.8) is 0 Å². The number of rotatable bonds is 3. The maximum absolute atomic E-state index is 15.0. The molecular weight excluding hydrogens is 517 g/mol. The summed E-state index contributed by atoms with van der Waals surface area (Å²) in [6.45, 7) is 5.10. The van der Waals surface area contributed by atoms with Crippen LogP contribution in [-0.4, -0.2) is 106 Å². The van der Waals surface area contributed by atoms with E-state index < -0.39 is 23.5 Å². The van der Waals surface area contributed by atoms with Gasteiger partial charge in [0, 0.05) is 37.8 Å². The molecule has 38 heavy (non-hydrogen) atoms. The molecule has 2 atom stereocenters. The molecule has 1 aromatic heterocycles. The van der Waals surface area contributed by atoms with Crippen LogP contribution in [0.3, 0.4) is 0 Å². The van der Waals surface area contributed by atoms with Crippen molar-refractivity contribution >= 4 is 29.4 Å². The van der Waals surface area contributed by atoms with Crippen molar-refractivity contribution in [2.75, 3.05) is 51.8 Å². The number of pyridine rings is 1. The monoisotopic (exact) mass is 547 g/mol. The van der Waals surface area contributed by atoms with Crippen LogP contribution in [0.2, 0.25) is 5.02 Å². The summed E-state index contributed by atoms with van der Waals surface area (Å²) < 4.78 is 21.2. The fourth-order valence-electron chi connectivity index (χ4n) is 5.66. The molecule has 0 bridgehead atoms. The zero-order chi connectivity index (χ0) is 27.5. The van der Waals surface area contributed by atoms with E-state index in [0.717, 1.165) is 6.42 Å². The summed E-state index contributed by atoms with van der Waals surface area (Å²) in [4.78, 5) is 37.5. The van der Waals surface area contributed by atoms with Crippen molar-refractivity contribution in [3.8, 4) is 22.8 Å². The number of carboxylic acid groups (broad SMARTS) is 1. The molecule has 204 valence electrons. The number of carbonyl (C=O) groups excluding carboxylic acids is 1. The van der Waals surface area contributed by atoms with Crippen molar-refractivity contribution in [3.05, 3.63) is 34.6 Å². The highest BCUT2D eigenvalue weighted by atomic mass is 35.5. The van der Waals surface area contributed by atoms with Crippen molar-refractivity contribution in [2.24, 2.45) is 0 Å². The highest BCUT2D eigenvalue weighted by Gasteiger charge is 2.46. The second-order valence-electron chi connectivity index (χ2n) is 10.9. The van der Waals surface area contributed by atoms with E-state index in [0.29, 0.717) is 12.4 Å². The molecule has 0 saturated carbocycles. The van der Waals surface area contributed by atoms with E-state index in [9.17, 15) is 19.8 Å². The third kappa shape index (κ3) is 4.27. The lowest BCUT2D eigenvalue weighted by Crippen LogP contribution is -2.57. The van der Waals surface area contributed by atoms with Crippen molar-refractivity contribution in [1.29, 1.82) is 0 Å². The van der Waals surface area contributed by atoms with Crippen LogP contribution in [0.1, 0.15) is 30.6 Å². The summed E-state index contributed by atoms with van der Waals surface area (Å²) in [7, 11) is 3.98. The van der Waals surface area contributed by atoms with Crippen LogP contribution < -0.4 is 9.64 Å². The Morgan fingerprint density at radius 1 is 1.24 bits per heavy atom. The molecule has 2 fully saturated rings. The molecule has 0 aliphatic carbocycles. The highest BCUT2D eigenvalue weighted by molar-refractivity contribution is 6.35. The molecule has 2 amide bonds. The minimum Gasteiger partial charge on any atom is -0.507 e. The molecule has 12 heteroatoms. The number of hydrogen-bond donors (Lipinski definition) is 2. The molecule has 0 spiro atoms. The quantitative estimate of drug-likeness (QED) is 0.602. The molecule has 2 N–H and O–H groups in total. The minimum atomic E-state index is -1.06. The molecule has 3 aliphatic heterocycles. The number of aromatic nitrogens is 1. The maximum atomic E-state index is 15.0. The molecule has 10 nitrogen and oxygen atoms in total. The maximum Gasteiger partial charge on any atom is 0.407 e. The average molecular weight is 548 g/mol. The SMILES string of the molecule is CN(C)C1CN(c2nc(-c3c(O)cccc3F)c(Cl)c3c2C(=O)N2CCN(C(=O)O)C[C@@H]2CO3)C(C)(C)C1. The van der Waals surface area contributed by atoms with E-state index in [2.05, 4.69) is 18.7 Å². The number of anilines is 1. The first-order valence-corrected chi connectivity index (χ1v) is 12.9. The summed E-state index contributed by atoms with van der Waals surface area (Å²) in [5.74, 6) is -1.08. The Kier molecular flexibility index (Phi) is 6.55. The summed E-state index contributed by atoms with van der Waals surface area (Å²) >= 11 is 6.78. The number of benzene rings is 1. The van der Waals surface area contributed by atoms with Gasteiger partial charge in [0.05, 0.1) is 11.6 Å². The Bertz CT molecular complexity index is 1290. The number of piperazine rings is 1.